The highest BCUT2D eigenvalue weighted by Crippen LogP contribution is 2.19. The van der Waals surface area contributed by atoms with Gasteiger partial charge in [-0.3, -0.25) is 4.79 Å². The van der Waals surface area contributed by atoms with Gasteiger partial charge < -0.3 is 10.7 Å². The Morgan fingerprint density at radius 3 is 2.52 bits per heavy atom. The van der Waals surface area contributed by atoms with Crippen molar-refractivity contribution >= 4 is 35.4 Å². The van der Waals surface area contributed by atoms with Crippen LogP contribution in [0.2, 0.25) is 0 Å². The van der Waals surface area contributed by atoms with E-state index >= 15 is 0 Å². The smallest absolute Gasteiger partial charge is 0.213 e. The van der Waals surface area contributed by atoms with Crippen molar-refractivity contribution in [2.24, 2.45) is 4.99 Å². The molecule has 0 saturated carbocycles. The molecule has 0 bridgehead atoms. The van der Waals surface area contributed by atoms with Crippen LogP contribution in [0.1, 0.15) is 22.3 Å². The number of nitrogens with one attached hydrogen (secondary N) is 2. The Hall–Kier alpha value is -2.44. The number of aryl methyl sites for hydroxylation is 2. The van der Waals surface area contributed by atoms with Gasteiger partial charge in [0.15, 0.2) is 5.17 Å². The Balaban J connectivity index is 2.08. The Morgan fingerprint density at radius 1 is 1.20 bits per heavy atom. The molecule has 0 fully saturated rings. The monoisotopic (exact) mass is 354 g/mol. The average Bonchev–Trinajstić information content (AvgIpc) is 2.59. The summed E-state index contributed by atoms with van der Waals surface area (Å²) in [5.74, 6) is 0. The normalized spacial score (nSPS) is 11.4. The lowest BCUT2D eigenvalue weighted by Crippen LogP contribution is -2.23. The second-order valence-corrected chi connectivity index (χ2v) is 6.90. The molecular formula is C19H22N4OS. The van der Waals surface area contributed by atoms with Crippen molar-refractivity contribution in [2.75, 3.05) is 7.05 Å². The number of nitrogens with zero attached hydrogens (tertiary/aromatic N) is 2. The molecule has 2 rings (SSSR count). The van der Waals surface area contributed by atoms with E-state index in [1.165, 1.54) is 34.9 Å². The highest BCUT2D eigenvalue weighted by atomic mass is 32.2. The van der Waals surface area contributed by atoms with Crippen molar-refractivity contribution in [1.82, 2.24) is 9.62 Å². The maximum Gasteiger partial charge on any atom is 0.213 e. The molecule has 0 aliphatic heterocycles. The van der Waals surface area contributed by atoms with E-state index in [9.17, 15) is 4.79 Å². The first-order valence-corrected chi connectivity index (χ1v) is 8.64. The minimum absolute atomic E-state index is 0.504. The SMILES string of the molecule is Cc1ccc(CN(C)SC(=Nc2ccc(C=N)cc2)NC=O)cc1C. The Morgan fingerprint density at radius 2 is 1.92 bits per heavy atom. The number of hydrogen-bond acceptors (Lipinski definition) is 5. The van der Waals surface area contributed by atoms with E-state index in [4.69, 9.17) is 5.41 Å². The van der Waals surface area contributed by atoms with Crippen molar-refractivity contribution in [3.05, 3.63) is 64.7 Å². The largest absolute Gasteiger partial charge is 0.308 e. The number of hydrogen-bond donors (Lipinski definition) is 2. The van der Waals surface area contributed by atoms with Gasteiger partial charge in [-0.15, -0.1) is 0 Å². The number of amides is 1. The topological polar surface area (TPSA) is 68.6 Å². The molecule has 0 aliphatic carbocycles. The predicted molar refractivity (Wildman–Crippen MR) is 106 cm³/mol. The van der Waals surface area contributed by atoms with Crippen molar-refractivity contribution < 1.29 is 4.79 Å². The molecule has 0 aromatic heterocycles. The fraction of sp³-hybridized carbons (Fsp3) is 0.211. The molecule has 2 aromatic carbocycles. The van der Waals surface area contributed by atoms with Gasteiger partial charge in [0.05, 0.1) is 5.69 Å². The van der Waals surface area contributed by atoms with Gasteiger partial charge >= 0.3 is 0 Å². The van der Waals surface area contributed by atoms with Crippen molar-refractivity contribution in [3.8, 4) is 0 Å². The summed E-state index contributed by atoms with van der Waals surface area (Å²) < 4.78 is 2.02. The van der Waals surface area contributed by atoms with Crippen LogP contribution in [0.15, 0.2) is 47.5 Å². The molecule has 25 heavy (non-hydrogen) atoms. The van der Waals surface area contributed by atoms with Gasteiger partial charge in [-0.2, -0.15) is 0 Å². The summed E-state index contributed by atoms with van der Waals surface area (Å²) in [6, 6.07) is 13.7. The van der Waals surface area contributed by atoms with Gasteiger partial charge in [-0.25, -0.2) is 9.30 Å². The number of carbonyl (C=O) groups is 1. The van der Waals surface area contributed by atoms with Crippen molar-refractivity contribution in [1.29, 1.82) is 5.41 Å². The highest BCUT2D eigenvalue weighted by Gasteiger charge is 2.08. The summed E-state index contributed by atoms with van der Waals surface area (Å²) >= 11 is 1.38. The minimum Gasteiger partial charge on any atom is -0.308 e. The molecule has 6 heteroatoms. The first kappa shape index (κ1) is 18.9. The van der Waals surface area contributed by atoms with Crippen LogP contribution in [0.4, 0.5) is 5.69 Å². The quantitative estimate of drug-likeness (QED) is 0.359. The molecule has 2 aromatic rings. The molecule has 0 saturated heterocycles. The molecule has 0 unspecified atom stereocenters. The molecule has 0 aliphatic rings. The maximum absolute atomic E-state index is 10.9. The van der Waals surface area contributed by atoms with E-state index in [-0.39, 0.29) is 0 Å². The maximum atomic E-state index is 10.9. The van der Waals surface area contributed by atoms with Crippen molar-refractivity contribution in [3.63, 3.8) is 0 Å². The average molecular weight is 354 g/mol. The molecular weight excluding hydrogens is 332 g/mol. The summed E-state index contributed by atoms with van der Waals surface area (Å²) in [5, 5.41) is 10.4. The van der Waals surface area contributed by atoms with Crippen LogP contribution in [-0.2, 0) is 11.3 Å². The van der Waals surface area contributed by atoms with Crippen molar-refractivity contribution in [2.45, 2.75) is 20.4 Å². The second-order valence-electron chi connectivity index (χ2n) is 5.71. The number of benzene rings is 2. The van der Waals surface area contributed by atoms with Gasteiger partial charge in [0.1, 0.15) is 0 Å². The molecule has 0 atom stereocenters. The molecule has 2 N–H and O–H groups in total. The summed E-state index contributed by atoms with van der Waals surface area (Å²) in [4.78, 5) is 15.3. The molecule has 0 spiro atoms. The Labute approximate surface area is 152 Å². The summed E-state index contributed by atoms with van der Waals surface area (Å²) in [5.41, 5.74) is 5.28. The Bertz CT molecular complexity index is 771. The van der Waals surface area contributed by atoms with Crippen LogP contribution in [0.5, 0.6) is 0 Å². The van der Waals surface area contributed by atoms with Gasteiger partial charge in [-0.1, -0.05) is 30.3 Å². The van der Waals surface area contributed by atoms with Crippen LogP contribution in [0.3, 0.4) is 0 Å². The van der Waals surface area contributed by atoms with Crippen LogP contribution < -0.4 is 5.32 Å². The van der Waals surface area contributed by atoms with Gasteiger partial charge in [0, 0.05) is 12.8 Å². The van der Waals surface area contributed by atoms with Gasteiger partial charge in [0.25, 0.3) is 0 Å². The zero-order valence-electron chi connectivity index (χ0n) is 14.6. The van der Waals surface area contributed by atoms with Crippen LogP contribution in [0, 0.1) is 19.3 Å². The number of rotatable bonds is 6. The standard InChI is InChI=1S/C19H22N4OS/c1-14-4-5-17(10-15(14)2)12-23(3)25-19(21-13-24)22-18-8-6-16(11-20)7-9-18/h4-11,13,20H,12H2,1-3H3,(H,21,22,24). The van der Waals surface area contributed by atoms with Crippen LogP contribution in [-0.4, -0.2) is 29.1 Å². The summed E-state index contributed by atoms with van der Waals surface area (Å²) in [6.07, 6.45) is 1.91. The highest BCUT2D eigenvalue weighted by molar-refractivity contribution is 8.11. The van der Waals surface area contributed by atoms with E-state index in [0.29, 0.717) is 11.6 Å². The van der Waals surface area contributed by atoms with E-state index in [2.05, 4.69) is 42.4 Å². The molecule has 0 radical (unpaired) electrons. The zero-order valence-corrected chi connectivity index (χ0v) is 15.4. The number of aliphatic imine (C=N–C) groups is 1. The zero-order chi connectivity index (χ0) is 18.2. The van der Waals surface area contributed by atoms with E-state index in [0.717, 1.165) is 17.8 Å². The molecule has 1 amide bonds. The third kappa shape index (κ3) is 5.85. The van der Waals surface area contributed by atoms with E-state index in [1.54, 1.807) is 0 Å². The Kier molecular flexibility index (Phi) is 6.91. The fourth-order valence-electron chi connectivity index (χ4n) is 2.23. The summed E-state index contributed by atoms with van der Waals surface area (Å²) in [7, 11) is 1.96. The van der Waals surface area contributed by atoms with Crippen LogP contribution in [0.25, 0.3) is 0 Å². The number of carbonyl (C=O) groups excluding carboxylic acids is 1. The van der Waals surface area contributed by atoms with E-state index in [1.807, 2.05) is 35.6 Å². The predicted octanol–water partition coefficient (Wildman–Crippen LogP) is 3.81. The lowest BCUT2D eigenvalue weighted by Gasteiger charge is -2.17. The van der Waals surface area contributed by atoms with Gasteiger partial charge in [0.2, 0.25) is 6.41 Å². The molecule has 0 heterocycles. The minimum atomic E-state index is 0.504. The number of amidine groups is 1. The van der Waals surface area contributed by atoms with Gasteiger partial charge in [-0.05, 0) is 67.2 Å². The fourth-order valence-corrected chi connectivity index (χ4v) is 2.99. The third-order valence-electron chi connectivity index (χ3n) is 3.69. The molecule has 130 valence electrons. The molecule has 5 nitrogen and oxygen atoms in total. The second kappa shape index (κ2) is 9.15. The first-order valence-electron chi connectivity index (χ1n) is 7.86. The summed E-state index contributed by atoms with van der Waals surface area (Å²) in [6.45, 7) is 4.93. The van der Waals surface area contributed by atoms with Crippen LogP contribution >= 0.6 is 11.9 Å². The lowest BCUT2D eigenvalue weighted by atomic mass is 10.1. The third-order valence-corrected chi connectivity index (χ3v) is 4.51. The lowest BCUT2D eigenvalue weighted by molar-refractivity contribution is -0.108. The first-order chi connectivity index (χ1) is 12.0. The van der Waals surface area contributed by atoms with E-state index < -0.39 is 0 Å².